The smallest absolute Gasteiger partial charge is 0.123 e. The second-order valence-electron chi connectivity index (χ2n) is 5.94. The summed E-state index contributed by atoms with van der Waals surface area (Å²) in [6.07, 6.45) is 2.38. The van der Waals surface area contributed by atoms with Crippen LogP contribution in [0.5, 0.6) is 5.75 Å². The summed E-state index contributed by atoms with van der Waals surface area (Å²) in [5.41, 5.74) is 7.42. The number of piperidine rings is 1. The Bertz CT molecular complexity index is 437. The number of nitrogens with two attached hydrogens (primary N) is 1. The van der Waals surface area contributed by atoms with Gasteiger partial charge in [0.1, 0.15) is 5.75 Å². The van der Waals surface area contributed by atoms with E-state index in [1.165, 1.54) is 24.9 Å². The lowest BCUT2D eigenvalue weighted by Crippen LogP contribution is -2.60. The molecule has 1 atom stereocenters. The predicted octanol–water partition coefficient (Wildman–Crippen LogP) is 1.55. The number of methoxy groups -OCH3 is 1. The van der Waals surface area contributed by atoms with Gasteiger partial charge < -0.3 is 15.4 Å². The molecule has 0 aromatic heterocycles. The van der Waals surface area contributed by atoms with Crippen molar-refractivity contribution >= 4 is 0 Å². The quantitative estimate of drug-likeness (QED) is 0.886. The molecule has 1 fully saturated rings. The Balaban J connectivity index is 2.14. The zero-order valence-corrected chi connectivity index (χ0v) is 12.9. The number of ether oxygens (including phenoxy) is 1. The first kappa shape index (κ1) is 15.3. The molecule has 20 heavy (non-hydrogen) atoms. The van der Waals surface area contributed by atoms with Crippen molar-refractivity contribution in [2.75, 3.05) is 40.8 Å². The van der Waals surface area contributed by atoms with Gasteiger partial charge in [-0.1, -0.05) is 18.2 Å². The van der Waals surface area contributed by atoms with Crippen LogP contribution in [-0.2, 0) is 6.54 Å². The molecule has 1 aliphatic heterocycles. The van der Waals surface area contributed by atoms with Gasteiger partial charge in [-0.05, 0) is 39.5 Å². The molecule has 1 aromatic carbocycles. The van der Waals surface area contributed by atoms with Crippen LogP contribution in [0.2, 0.25) is 0 Å². The summed E-state index contributed by atoms with van der Waals surface area (Å²) >= 11 is 0. The number of hydrogen-bond donors (Lipinski definition) is 1. The van der Waals surface area contributed by atoms with E-state index in [2.05, 4.69) is 36.0 Å². The van der Waals surface area contributed by atoms with E-state index < -0.39 is 0 Å². The van der Waals surface area contributed by atoms with Gasteiger partial charge in [-0.3, -0.25) is 4.90 Å². The highest BCUT2D eigenvalue weighted by Gasteiger charge is 2.36. The highest BCUT2D eigenvalue weighted by Crippen LogP contribution is 2.28. The predicted molar refractivity (Wildman–Crippen MR) is 83.0 cm³/mol. The molecule has 4 heteroatoms. The molecular weight excluding hydrogens is 250 g/mol. The standard InChI is InChI=1S/C16H27N3O/c1-18-10-6-9-16(12-17,13-18)19(2)11-14-7-4-5-8-15(14)20-3/h4-5,7-8H,6,9-13,17H2,1-3H3. The Morgan fingerprint density at radius 3 is 2.80 bits per heavy atom. The van der Waals surface area contributed by atoms with E-state index in [9.17, 15) is 0 Å². The van der Waals surface area contributed by atoms with E-state index in [0.29, 0.717) is 6.54 Å². The van der Waals surface area contributed by atoms with Crippen LogP contribution in [0.25, 0.3) is 0 Å². The first-order chi connectivity index (χ1) is 9.61. The second kappa shape index (κ2) is 6.57. The van der Waals surface area contributed by atoms with Crippen LogP contribution in [0.15, 0.2) is 24.3 Å². The molecule has 112 valence electrons. The SMILES string of the molecule is COc1ccccc1CN(C)C1(CN)CCCN(C)C1. The lowest BCUT2D eigenvalue weighted by atomic mass is 9.87. The number of likely N-dealkylation sites (N-methyl/N-ethyl adjacent to an activating group) is 2. The first-order valence-electron chi connectivity index (χ1n) is 7.33. The number of benzene rings is 1. The normalized spacial score (nSPS) is 24.1. The summed E-state index contributed by atoms with van der Waals surface area (Å²) in [6.45, 7) is 3.78. The van der Waals surface area contributed by atoms with Gasteiger partial charge in [0.2, 0.25) is 0 Å². The van der Waals surface area contributed by atoms with Gasteiger partial charge in [-0.2, -0.15) is 0 Å². The second-order valence-corrected chi connectivity index (χ2v) is 5.94. The van der Waals surface area contributed by atoms with Gasteiger partial charge in [0.25, 0.3) is 0 Å². The van der Waals surface area contributed by atoms with E-state index in [4.69, 9.17) is 10.5 Å². The lowest BCUT2D eigenvalue weighted by molar-refractivity contribution is 0.0392. The molecule has 1 aromatic rings. The van der Waals surface area contributed by atoms with Gasteiger partial charge >= 0.3 is 0 Å². The van der Waals surface area contributed by atoms with Gasteiger partial charge in [0, 0.05) is 30.7 Å². The molecule has 1 heterocycles. The summed E-state index contributed by atoms with van der Waals surface area (Å²) in [6, 6.07) is 8.22. The van der Waals surface area contributed by atoms with Gasteiger partial charge in [0.05, 0.1) is 7.11 Å². The van der Waals surface area contributed by atoms with Crippen LogP contribution in [0.3, 0.4) is 0 Å². The summed E-state index contributed by atoms with van der Waals surface area (Å²) in [7, 11) is 6.09. The fourth-order valence-corrected chi connectivity index (χ4v) is 3.23. The van der Waals surface area contributed by atoms with Gasteiger partial charge in [0.15, 0.2) is 0 Å². The van der Waals surface area contributed by atoms with Crippen LogP contribution in [0.1, 0.15) is 18.4 Å². The number of nitrogens with zero attached hydrogens (tertiary/aromatic N) is 2. The minimum atomic E-state index is 0.0772. The fraction of sp³-hybridized carbons (Fsp3) is 0.625. The summed E-state index contributed by atoms with van der Waals surface area (Å²) < 4.78 is 5.45. The van der Waals surface area contributed by atoms with E-state index in [0.717, 1.165) is 18.8 Å². The Morgan fingerprint density at radius 1 is 1.40 bits per heavy atom. The van der Waals surface area contributed by atoms with Gasteiger partial charge in [-0.15, -0.1) is 0 Å². The minimum Gasteiger partial charge on any atom is -0.496 e. The summed E-state index contributed by atoms with van der Waals surface area (Å²) in [5, 5.41) is 0. The molecule has 4 nitrogen and oxygen atoms in total. The highest BCUT2D eigenvalue weighted by molar-refractivity contribution is 5.33. The minimum absolute atomic E-state index is 0.0772. The molecule has 0 radical (unpaired) electrons. The molecule has 0 bridgehead atoms. The molecule has 1 saturated heterocycles. The average Bonchev–Trinajstić information content (AvgIpc) is 2.47. The Hall–Kier alpha value is -1.10. The summed E-state index contributed by atoms with van der Waals surface area (Å²) in [4.78, 5) is 4.79. The molecule has 2 rings (SSSR count). The topological polar surface area (TPSA) is 41.7 Å². The highest BCUT2D eigenvalue weighted by atomic mass is 16.5. The fourth-order valence-electron chi connectivity index (χ4n) is 3.23. The monoisotopic (exact) mass is 277 g/mol. The lowest BCUT2D eigenvalue weighted by Gasteiger charge is -2.47. The van der Waals surface area contributed by atoms with Crippen LogP contribution in [0.4, 0.5) is 0 Å². The van der Waals surface area contributed by atoms with Crippen molar-refractivity contribution in [3.8, 4) is 5.75 Å². The number of hydrogen-bond acceptors (Lipinski definition) is 4. The van der Waals surface area contributed by atoms with Crippen molar-refractivity contribution < 1.29 is 4.74 Å². The Kier molecular flexibility index (Phi) is 5.02. The molecule has 2 N–H and O–H groups in total. The molecular formula is C16H27N3O. The van der Waals surface area contributed by atoms with E-state index in [-0.39, 0.29) is 5.54 Å². The third-order valence-electron chi connectivity index (χ3n) is 4.54. The largest absolute Gasteiger partial charge is 0.496 e. The van der Waals surface area contributed by atoms with Crippen molar-refractivity contribution in [1.82, 2.24) is 9.80 Å². The van der Waals surface area contributed by atoms with Crippen molar-refractivity contribution in [2.45, 2.75) is 24.9 Å². The molecule has 1 aliphatic rings. The van der Waals surface area contributed by atoms with Crippen LogP contribution in [0, 0.1) is 0 Å². The third kappa shape index (κ3) is 3.14. The zero-order chi connectivity index (χ0) is 14.6. The van der Waals surface area contributed by atoms with Crippen molar-refractivity contribution in [3.63, 3.8) is 0 Å². The Morgan fingerprint density at radius 2 is 2.15 bits per heavy atom. The number of likely N-dealkylation sites (tertiary alicyclic amines) is 1. The van der Waals surface area contributed by atoms with E-state index in [1.54, 1.807) is 7.11 Å². The zero-order valence-electron chi connectivity index (χ0n) is 12.9. The van der Waals surface area contributed by atoms with Crippen LogP contribution >= 0.6 is 0 Å². The molecule has 0 amide bonds. The number of para-hydroxylation sites is 1. The maximum atomic E-state index is 6.13. The average molecular weight is 277 g/mol. The van der Waals surface area contributed by atoms with Crippen molar-refractivity contribution in [1.29, 1.82) is 0 Å². The maximum Gasteiger partial charge on any atom is 0.123 e. The maximum absolute atomic E-state index is 6.13. The van der Waals surface area contributed by atoms with E-state index >= 15 is 0 Å². The third-order valence-corrected chi connectivity index (χ3v) is 4.54. The molecule has 0 spiro atoms. The van der Waals surface area contributed by atoms with Crippen molar-refractivity contribution in [3.05, 3.63) is 29.8 Å². The summed E-state index contributed by atoms with van der Waals surface area (Å²) in [5.74, 6) is 0.954. The van der Waals surface area contributed by atoms with Gasteiger partial charge in [-0.25, -0.2) is 0 Å². The van der Waals surface area contributed by atoms with Crippen molar-refractivity contribution in [2.24, 2.45) is 5.73 Å². The molecule has 0 aliphatic carbocycles. The number of rotatable bonds is 5. The van der Waals surface area contributed by atoms with Crippen LogP contribution in [-0.4, -0.2) is 56.2 Å². The molecule has 0 saturated carbocycles. The first-order valence-corrected chi connectivity index (χ1v) is 7.33. The molecule has 1 unspecified atom stereocenters. The Labute approximate surface area is 122 Å². The van der Waals surface area contributed by atoms with Crippen LogP contribution < -0.4 is 10.5 Å². The van der Waals surface area contributed by atoms with E-state index in [1.807, 2.05) is 12.1 Å².